The predicted molar refractivity (Wildman–Crippen MR) is 88.6 cm³/mol. The van der Waals surface area contributed by atoms with E-state index in [4.69, 9.17) is 11.6 Å². The van der Waals surface area contributed by atoms with Crippen molar-refractivity contribution in [2.75, 3.05) is 0 Å². The van der Waals surface area contributed by atoms with E-state index in [0.717, 1.165) is 26.8 Å². The molecule has 0 aliphatic heterocycles. The maximum absolute atomic E-state index is 6.22. The van der Waals surface area contributed by atoms with Gasteiger partial charge < -0.3 is 0 Å². The summed E-state index contributed by atoms with van der Waals surface area (Å²) in [5.74, 6) is 0. The van der Waals surface area contributed by atoms with Crippen molar-refractivity contribution in [3.05, 3.63) is 64.2 Å². The Morgan fingerprint density at radius 1 is 1.10 bits per heavy atom. The third kappa shape index (κ3) is 3.78. The van der Waals surface area contributed by atoms with Crippen molar-refractivity contribution < 1.29 is 0 Å². The molecular formula is C16H17ClN2S. The van der Waals surface area contributed by atoms with Crippen LogP contribution in [0.5, 0.6) is 0 Å². The Balaban J connectivity index is 2.06. The number of hydrogen-bond acceptors (Lipinski definition) is 3. The highest BCUT2D eigenvalue weighted by Crippen LogP contribution is 2.21. The smallest absolute Gasteiger partial charge is 0.0672 e. The van der Waals surface area contributed by atoms with Gasteiger partial charge in [-0.25, -0.2) is 4.83 Å². The van der Waals surface area contributed by atoms with Crippen molar-refractivity contribution in [3.63, 3.8) is 0 Å². The van der Waals surface area contributed by atoms with Crippen LogP contribution in [0, 0.1) is 13.8 Å². The molecule has 0 heterocycles. The maximum Gasteiger partial charge on any atom is 0.0672 e. The maximum atomic E-state index is 6.22. The molecule has 0 aliphatic carbocycles. The third-order valence-electron chi connectivity index (χ3n) is 2.98. The minimum atomic E-state index is 0.730. The average Bonchev–Trinajstić information content (AvgIpc) is 2.41. The fourth-order valence-corrected chi connectivity index (χ4v) is 2.82. The molecule has 1 N–H and O–H groups in total. The molecule has 2 aromatic rings. The van der Waals surface area contributed by atoms with E-state index in [-0.39, 0.29) is 0 Å². The summed E-state index contributed by atoms with van der Waals surface area (Å²) in [5, 5.41) is 5.11. The Labute approximate surface area is 129 Å². The monoisotopic (exact) mass is 304 g/mol. The van der Waals surface area contributed by atoms with Gasteiger partial charge in [0.1, 0.15) is 0 Å². The minimum absolute atomic E-state index is 0.730. The van der Waals surface area contributed by atoms with Crippen molar-refractivity contribution in [2.24, 2.45) is 5.10 Å². The Bertz CT molecular complexity index is 601. The average molecular weight is 305 g/mol. The van der Waals surface area contributed by atoms with Crippen LogP contribution in [-0.2, 0) is 0 Å². The molecule has 0 fully saturated rings. The molecule has 0 aliphatic rings. The van der Waals surface area contributed by atoms with Gasteiger partial charge in [0.15, 0.2) is 0 Å². The van der Waals surface area contributed by atoms with E-state index < -0.39 is 0 Å². The van der Waals surface area contributed by atoms with Gasteiger partial charge in [-0.15, -0.1) is 0 Å². The number of nitrogens with one attached hydrogen (secondary N) is 1. The normalized spacial score (nSPS) is 11.5. The first-order valence-corrected chi connectivity index (χ1v) is 7.55. The third-order valence-corrected chi connectivity index (χ3v) is 3.99. The summed E-state index contributed by atoms with van der Waals surface area (Å²) in [6.07, 6.45) is 0. The van der Waals surface area contributed by atoms with Crippen molar-refractivity contribution >= 4 is 29.3 Å². The van der Waals surface area contributed by atoms with Crippen molar-refractivity contribution in [1.29, 1.82) is 0 Å². The summed E-state index contributed by atoms with van der Waals surface area (Å²) in [4.78, 5) is 4.15. The first-order valence-electron chi connectivity index (χ1n) is 6.36. The predicted octanol–water partition coefficient (Wildman–Crippen LogP) is 4.98. The summed E-state index contributed by atoms with van der Waals surface area (Å²) in [6.45, 7) is 6.06. The van der Waals surface area contributed by atoms with Gasteiger partial charge in [-0.1, -0.05) is 41.4 Å². The molecular weight excluding hydrogens is 288 g/mol. The van der Waals surface area contributed by atoms with Gasteiger partial charge in [0.2, 0.25) is 0 Å². The van der Waals surface area contributed by atoms with Gasteiger partial charge in [0.25, 0.3) is 0 Å². The highest BCUT2D eigenvalue weighted by molar-refractivity contribution is 7.97. The topological polar surface area (TPSA) is 24.4 Å². The van der Waals surface area contributed by atoms with Gasteiger partial charge in [-0.3, -0.25) is 0 Å². The summed E-state index contributed by atoms with van der Waals surface area (Å²) in [6, 6.07) is 14.2. The molecule has 0 aromatic heterocycles. The first-order chi connectivity index (χ1) is 9.58. The molecule has 0 radical (unpaired) electrons. The van der Waals surface area contributed by atoms with Gasteiger partial charge in [-0.05, 0) is 44.5 Å². The molecule has 0 spiro atoms. The zero-order chi connectivity index (χ0) is 14.5. The van der Waals surface area contributed by atoms with E-state index in [1.54, 1.807) is 0 Å². The quantitative estimate of drug-likeness (QED) is 0.489. The van der Waals surface area contributed by atoms with Crippen LogP contribution in [0.2, 0.25) is 5.02 Å². The highest BCUT2D eigenvalue weighted by Gasteiger charge is 2.06. The number of benzene rings is 2. The molecule has 0 amide bonds. The molecule has 0 saturated heterocycles. The number of aryl methyl sites for hydroxylation is 2. The molecule has 0 atom stereocenters. The van der Waals surface area contributed by atoms with E-state index in [0.29, 0.717) is 0 Å². The lowest BCUT2D eigenvalue weighted by atomic mass is 10.1. The van der Waals surface area contributed by atoms with Crippen LogP contribution in [0.25, 0.3) is 0 Å². The van der Waals surface area contributed by atoms with Crippen LogP contribution in [0.4, 0.5) is 0 Å². The van der Waals surface area contributed by atoms with Crippen molar-refractivity contribution in [1.82, 2.24) is 4.83 Å². The second kappa shape index (κ2) is 6.82. The van der Waals surface area contributed by atoms with Crippen molar-refractivity contribution in [2.45, 2.75) is 25.7 Å². The fourth-order valence-electron chi connectivity index (χ4n) is 1.90. The molecule has 2 rings (SSSR count). The largest absolute Gasteiger partial charge is 0.247 e. The number of hydrazone groups is 1. The van der Waals surface area contributed by atoms with Crippen LogP contribution in [0.1, 0.15) is 23.6 Å². The van der Waals surface area contributed by atoms with E-state index in [1.807, 2.05) is 32.0 Å². The number of nitrogens with zero attached hydrogens (tertiary/aromatic N) is 1. The van der Waals surface area contributed by atoms with Gasteiger partial charge >= 0.3 is 0 Å². The van der Waals surface area contributed by atoms with Crippen LogP contribution in [0.15, 0.2) is 52.5 Å². The van der Waals surface area contributed by atoms with Gasteiger partial charge in [-0.2, -0.15) is 5.10 Å². The summed E-state index contributed by atoms with van der Waals surface area (Å²) in [5.41, 5.74) is 4.25. The zero-order valence-electron chi connectivity index (χ0n) is 11.8. The lowest BCUT2D eigenvalue weighted by Gasteiger charge is -2.08. The zero-order valence-corrected chi connectivity index (χ0v) is 13.3. The first kappa shape index (κ1) is 14.9. The van der Waals surface area contributed by atoms with E-state index >= 15 is 0 Å². The fraction of sp³-hybridized carbons (Fsp3) is 0.188. The molecule has 104 valence electrons. The molecule has 0 bridgehead atoms. The molecule has 20 heavy (non-hydrogen) atoms. The highest BCUT2D eigenvalue weighted by atomic mass is 35.5. The molecule has 4 heteroatoms. The Morgan fingerprint density at radius 2 is 1.80 bits per heavy atom. The van der Waals surface area contributed by atoms with Gasteiger partial charge in [0, 0.05) is 27.4 Å². The Morgan fingerprint density at radius 3 is 2.45 bits per heavy atom. The van der Waals surface area contributed by atoms with Crippen LogP contribution >= 0.6 is 23.5 Å². The lowest BCUT2D eigenvalue weighted by molar-refractivity contribution is 1.10. The number of rotatable bonds is 4. The van der Waals surface area contributed by atoms with E-state index in [2.05, 4.69) is 41.1 Å². The minimum Gasteiger partial charge on any atom is -0.247 e. The molecule has 0 saturated carbocycles. The standard InChI is InChI=1S/C16H17ClN2S/c1-11-7-9-14(10-8-11)20-19-18-13(3)16-12(2)5-4-6-15(16)17/h4-10,19H,1-3H3/b18-13-. The van der Waals surface area contributed by atoms with E-state index in [1.165, 1.54) is 17.5 Å². The number of halogens is 1. The van der Waals surface area contributed by atoms with Crippen LogP contribution in [-0.4, -0.2) is 5.71 Å². The Kier molecular flexibility index (Phi) is 5.10. The van der Waals surface area contributed by atoms with Crippen molar-refractivity contribution in [3.8, 4) is 0 Å². The molecule has 2 aromatic carbocycles. The summed E-state index contributed by atoms with van der Waals surface area (Å²) in [7, 11) is 0. The lowest BCUT2D eigenvalue weighted by Crippen LogP contribution is -2.04. The van der Waals surface area contributed by atoms with Crippen LogP contribution < -0.4 is 4.83 Å². The molecule has 2 nitrogen and oxygen atoms in total. The molecule has 0 unspecified atom stereocenters. The summed E-state index contributed by atoms with van der Waals surface area (Å²) < 4.78 is 0. The van der Waals surface area contributed by atoms with Gasteiger partial charge in [0.05, 0.1) is 5.71 Å². The second-order valence-corrected chi connectivity index (χ2v) is 5.90. The summed E-state index contributed by atoms with van der Waals surface area (Å²) >= 11 is 7.71. The number of hydrogen-bond donors (Lipinski definition) is 1. The van der Waals surface area contributed by atoms with Crippen LogP contribution in [0.3, 0.4) is 0 Å². The second-order valence-electron chi connectivity index (χ2n) is 4.64. The van der Waals surface area contributed by atoms with E-state index in [9.17, 15) is 0 Å². The SMILES string of the molecule is C/C(=N/NSc1ccc(C)cc1)c1c(C)cccc1Cl. The Hall–Kier alpha value is -1.45.